The topological polar surface area (TPSA) is 46.6 Å². The van der Waals surface area contributed by atoms with Crippen LogP contribution in [0.4, 0.5) is 0 Å². The lowest BCUT2D eigenvalue weighted by atomic mass is 9.95. The van der Waals surface area contributed by atoms with Crippen LogP contribution in [0.15, 0.2) is 29.2 Å². The van der Waals surface area contributed by atoms with Gasteiger partial charge in [0.2, 0.25) is 10.0 Å². The third kappa shape index (κ3) is 3.56. The van der Waals surface area contributed by atoms with E-state index in [1.807, 2.05) is 58.9 Å². The van der Waals surface area contributed by atoms with Crippen LogP contribution in [0.5, 0.6) is 0 Å². The van der Waals surface area contributed by atoms with Crippen molar-refractivity contribution in [3.8, 4) is 0 Å². The molecule has 0 amide bonds. The zero-order valence-corrected chi connectivity index (χ0v) is 17.9. The molecule has 2 aromatic carbocycles. The molecule has 0 radical (unpaired) electrons. The fourth-order valence-corrected chi connectivity index (χ4v) is 5.79. The third-order valence-corrected chi connectivity index (χ3v) is 8.15. The summed E-state index contributed by atoms with van der Waals surface area (Å²) < 4.78 is 34.6. The van der Waals surface area contributed by atoms with Gasteiger partial charge in [-0.15, -0.1) is 0 Å². The molecule has 1 heterocycles. The number of sulfonamides is 1. The average Bonchev–Trinajstić information content (AvgIpc) is 2.65. The van der Waals surface area contributed by atoms with Crippen molar-refractivity contribution in [2.45, 2.75) is 52.5 Å². The minimum atomic E-state index is -3.58. The van der Waals surface area contributed by atoms with E-state index in [4.69, 9.17) is 4.74 Å². The van der Waals surface area contributed by atoms with Crippen molar-refractivity contribution >= 4 is 10.0 Å². The van der Waals surface area contributed by atoms with Crippen molar-refractivity contribution < 1.29 is 13.2 Å². The summed E-state index contributed by atoms with van der Waals surface area (Å²) >= 11 is 0. The molecular weight excluding hydrogens is 358 g/mol. The van der Waals surface area contributed by atoms with E-state index in [9.17, 15) is 8.42 Å². The fourth-order valence-electron chi connectivity index (χ4n) is 3.81. The second-order valence-electron chi connectivity index (χ2n) is 7.59. The number of nitrogens with zero attached hydrogens (tertiary/aromatic N) is 1. The Bertz CT molecular complexity index is 933. The molecule has 0 aromatic heterocycles. The highest BCUT2D eigenvalue weighted by Gasteiger charge is 2.34. The largest absolute Gasteiger partial charge is 0.371 e. The molecule has 1 aliphatic rings. The van der Waals surface area contributed by atoms with Gasteiger partial charge in [-0.2, -0.15) is 4.31 Å². The van der Waals surface area contributed by atoms with Gasteiger partial charge in [0.1, 0.15) is 0 Å². The molecule has 1 atom stereocenters. The molecule has 2 aromatic rings. The minimum Gasteiger partial charge on any atom is -0.371 e. The summed E-state index contributed by atoms with van der Waals surface area (Å²) in [6, 6.07) is 8.11. The van der Waals surface area contributed by atoms with Gasteiger partial charge in [0.15, 0.2) is 0 Å². The van der Waals surface area contributed by atoms with Crippen molar-refractivity contribution in [1.82, 2.24) is 4.31 Å². The fraction of sp³-hybridized carbons (Fsp3) is 0.455. The van der Waals surface area contributed by atoms with Gasteiger partial charge in [0.25, 0.3) is 0 Å². The van der Waals surface area contributed by atoms with Gasteiger partial charge in [0.05, 0.1) is 17.6 Å². The molecule has 146 valence electrons. The van der Waals surface area contributed by atoms with Gasteiger partial charge in [0, 0.05) is 13.1 Å². The molecule has 1 unspecified atom stereocenters. The molecule has 3 rings (SSSR count). The van der Waals surface area contributed by atoms with Gasteiger partial charge in [-0.1, -0.05) is 29.8 Å². The number of benzene rings is 2. The van der Waals surface area contributed by atoms with Crippen LogP contribution in [0.3, 0.4) is 0 Å². The second kappa shape index (κ2) is 7.38. The number of ether oxygens (including phenoxy) is 1. The Morgan fingerprint density at radius 3 is 1.93 bits per heavy atom. The number of morpholine rings is 1. The summed E-state index contributed by atoms with van der Waals surface area (Å²) in [4.78, 5) is 0.465. The van der Waals surface area contributed by atoms with Crippen molar-refractivity contribution in [2.75, 3.05) is 19.7 Å². The highest BCUT2D eigenvalue weighted by molar-refractivity contribution is 7.89. The molecule has 1 saturated heterocycles. The highest BCUT2D eigenvalue weighted by Crippen LogP contribution is 2.33. The Morgan fingerprint density at radius 2 is 1.37 bits per heavy atom. The van der Waals surface area contributed by atoms with Crippen LogP contribution in [0.2, 0.25) is 0 Å². The quantitative estimate of drug-likeness (QED) is 0.789. The lowest BCUT2D eigenvalue weighted by Gasteiger charge is -2.33. The molecule has 0 spiro atoms. The van der Waals surface area contributed by atoms with Crippen LogP contribution in [-0.2, 0) is 14.8 Å². The Labute approximate surface area is 163 Å². The number of hydrogen-bond donors (Lipinski definition) is 0. The van der Waals surface area contributed by atoms with Gasteiger partial charge < -0.3 is 4.74 Å². The SMILES string of the molecule is Cc1ccc(C2CN(S(=O)(=O)c3c(C)c(C)c(C)c(C)c3C)CCO2)cc1. The molecular formula is C22H29NO3S. The van der Waals surface area contributed by atoms with Gasteiger partial charge in [-0.3, -0.25) is 0 Å². The minimum absolute atomic E-state index is 0.234. The molecule has 0 aliphatic carbocycles. The van der Waals surface area contributed by atoms with Crippen molar-refractivity contribution in [3.63, 3.8) is 0 Å². The van der Waals surface area contributed by atoms with E-state index >= 15 is 0 Å². The Balaban J connectivity index is 1.99. The summed E-state index contributed by atoms with van der Waals surface area (Å²) in [5.74, 6) is 0. The lowest BCUT2D eigenvalue weighted by molar-refractivity contribution is -0.00258. The third-order valence-electron chi connectivity index (χ3n) is 6.01. The van der Waals surface area contributed by atoms with Crippen LogP contribution >= 0.6 is 0 Å². The molecule has 1 aliphatic heterocycles. The molecule has 4 nitrogen and oxygen atoms in total. The molecule has 0 saturated carbocycles. The van der Waals surface area contributed by atoms with Gasteiger partial charge >= 0.3 is 0 Å². The van der Waals surface area contributed by atoms with Crippen LogP contribution < -0.4 is 0 Å². The first-order valence-electron chi connectivity index (χ1n) is 9.40. The van der Waals surface area contributed by atoms with Gasteiger partial charge in [-0.25, -0.2) is 8.42 Å². The number of aryl methyl sites for hydroxylation is 1. The van der Waals surface area contributed by atoms with Gasteiger partial charge in [-0.05, 0) is 74.9 Å². The summed E-state index contributed by atoms with van der Waals surface area (Å²) in [6.07, 6.45) is -0.234. The maximum atomic E-state index is 13.5. The van der Waals surface area contributed by atoms with E-state index in [2.05, 4.69) is 6.92 Å². The number of hydrogen-bond acceptors (Lipinski definition) is 3. The highest BCUT2D eigenvalue weighted by atomic mass is 32.2. The van der Waals surface area contributed by atoms with Crippen LogP contribution in [0.25, 0.3) is 0 Å². The Hall–Kier alpha value is -1.69. The molecule has 0 bridgehead atoms. The zero-order chi connectivity index (χ0) is 19.9. The summed E-state index contributed by atoms with van der Waals surface area (Å²) in [7, 11) is -3.58. The summed E-state index contributed by atoms with van der Waals surface area (Å²) in [5, 5.41) is 0. The maximum Gasteiger partial charge on any atom is 0.243 e. The molecule has 0 N–H and O–H groups in total. The first kappa shape index (κ1) is 20.1. The first-order chi connectivity index (χ1) is 12.6. The first-order valence-corrected chi connectivity index (χ1v) is 10.8. The monoisotopic (exact) mass is 387 g/mol. The van der Waals surface area contributed by atoms with Crippen LogP contribution in [-0.4, -0.2) is 32.4 Å². The lowest BCUT2D eigenvalue weighted by Crippen LogP contribution is -2.42. The summed E-state index contributed by atoms with van der Waals surface area (Å²) in [6.45, 7) is 13.1. The van der Waals surface area contributed by atoms with E-state index in [-0.39, 0.29) is 6.10 Å². The van der Waals surface area contributed by atoms with Crippen LogP contribution in [0, 0.1) is 41.5 Å². The second-order valence-corrected chi connectivity index (χ2v) is 9.46. The average molecular weight is 388 g/mol. The number of rotatable bonds is 3. The van der Waals surface area contributed by atoms with E-state index in [1.165, 1.54) is 11.1 Å². The van der Waals surface area contributed by atoms with Crippen molar-refractivity contribution in [3.05, 3.63) is 63.2 Å². The van der Waals surface area contributed by atoms with Crippen molar-refractivity contribution in [1.29, 1.82) is 0 Å². The predicted octanol–water partition coefficient (Wildman–Crippen LogP) is 4.30. The van der Waals surface area contributed by atoms with E-state index in [0.717, 1.165) is 27.8 Å². The smallest absolute Gasteiger partial charge is 0.243 e. The van der Waals surface area contributed by atoms with E-state index in [0.29, 0.717) is 24.6 Å². The predicted molar refractivity (Wildman–Crippen MR) is 109 cm³/mol. The summed E-state index contributed by atoms with van der Waals surface area (Å²) in [5.41, 5.74) is 7.19. The van der Waals surface area contributed by atoms with Crippen LogP contribution in [0.1, 0.15) is 45.0 Å². The van der Waals surface area contributed by atoms with E-state index < -0.39 is 10.0 Å². The van der Waals surface area contributed by atoms with Crippen molar-refractivity contribution in [2.24, 2.45) is 0 Å². The zero-order valence-electron chi connectivity index (χ0n) is 17.1. The molecule has 27 heavy (non-hydrogen) atoms. The normalized spacial score (nSPS) is 18.7. The van der Waals surface area contributed by atoms with E-state index in [1.54, 1.807) is 4.31 Å². The maximum absolute atomic E-state index is 13.5. The Kier molecular flexibility index (Phi) is 5.48. The standard InChI is InChI=1S/C22H29NO3S/c1-14-7-9-20(10-8-14)21-13-23(11-12-26-21)27(24,25)22-18(5)16(3)15(2)17(4)19(22)6/h7-10,21H,11-13H2,1-6H3. The Morgan fingerprint density at radius 1 is 0.852 bits per heavy atom. The molecule has 5 heteroatoms. The molecule has 1 fully saturated rings.